The summed E-state index contributed by atoms with van der Waals surface area (Å²) in [5.41, 5.74) is 2.66. The molecule has 1 aromatic carbocycles. The normalized spacial score (nSPS) is 14.4. The summed E-state index contributed by atoms with van der Waals surface area (Å²) in [7, 11) is 2.00. The van der Waals surface area contributed by atoms with Crippen LogP contribution in [0.5, 0.6) is 0 Å². The van der Waals surface area contributed by atoms with Crippen LogP contribution in [-0.4, -0.2) is 20.3 Å². The number of aryl methyl sites for hydroxylation is 1. The standard InChI is InChI=1S/C16H27NO/c1-5-8-13(2)11-18-12-16(17-4)15-10-7-6-9-14(15)3/h6-7,9-10,13,16-17H,5,8,11-12H2,1-4H3. The van der Waals surface area contributed by atoms with Gasteiger partial charge in [0.15, 0.2) is 0 Å². The minimum Gasteiger partial charge on any atom is -0.379 e. The summed E-state index contributed by atoms with van der Waals surface area (Å²) in [6.07, 6.45) is 2.48. The van der Waals surface area contributed by atoms with E-state index in [0.29, 0.717) is 12.0 Å². The molecule has 0 saturated carbocycles. The zero-order chi connectivity index (χ0) is 13.4. The molecular weight excluding hydrogens is 222 g/mol. The second-order valence-corrected chi connectivity index (χ2v) is 5.13. The van der Waals surface area contributed by atoms with Gasteiger partial charge in [0.05, 0.1) is 12.6 Å². The maximum absolute atomic E-state index is 5.85. The van der Waals surface area contributed by atoms with Gasteiger partial charge in [-0.1, -0.05) is 44.5 Å². The highest BCUT2D eigenvalue weighted by Gasteiger charge is 2.12. The average molecular weight is 249 g/mol. The monoisotopic (exact) mass is 249 g/mol. The molecule has 102 valence electrons. The molecule has 2 heteroatoms. The Bertz CT molecular complexity index is 338. The Morgan fingerprint density at radius 3 is 2.56 bits per heavy atom. The van der Waals surface area contributed by atoms with Crippen molar-refractivity contribution in [3.63, 3.8) is 0 Å². The third-order valence-electron chi connectivity index (χ3n) is 3.38. The summed E-state index contributed by atoms with van der Waals surface area (Å²) in [6, 6.07) is 8.79. The zero-order valence-electron chi connectivity index (χ0n) is 12.2. The van der Waals surface area contributed by atoms with Crippen LogP contribution in [-0.2, 0) is 4.74 Å². The lowest BCUT2D eigenvalue weighted by Crippen LogP contribution is -2.23. The van der Waals surface area contributed by atoms with E-state index in [4.69, 9.17) is 4.74 Å². The maximum Gasteiger partial charge on any atom is 0.0661 e. The fourth-order valence-corrected chi connectivity index (χ4v) is 2.27. The molecule has 0 fully saturated rings. The molecule has 1 N–H and O–H groups in total. The highest BCUT2D eigenvalue weighted by molar-refractivity contribution is 5.28. The van der Waals surface area contributed by atoms with Crippen LogP contribution in [0.15, 0.2) is 24.3 Å². The third kappa shape index (κ3) is 4.79. The second kappa shape index (κ2) is 8.28. The molecule has 0 spiro atoms. The van der Waals surface area contributed by atoms with Gasteiger partial charge in [-0.25, -0.2) is 0 Å². The molecule has 0 aliphatic heterocycles. The lowest BCUT2D eigenvalue weighted by Gasteiger charge is -2.20. The molecule has 2 nitrogen and oxygen atoms in total. The Morgan fingerprint density at radius 2 is 1.94 bits per heavy atom. The molecule has 0 amide bonds. The third-order valence-corrected chi connectivity index (χ3v) is 3.38. The van der Waals surface area contributed by atoms with Crippen LogP contribution in [0.3, 0.4) is 0 Å². The van der Waals surface area contributed by atoms with Gasteiger partial charge in [-0.3, -0.25) is 0 Å². The summed E-state index contributed by atoms with van der Waals surface area (Å²) >= 11 is 0. The predicted octanol–water partition coefficient (Wildman–Crippen LogP) is 3.71. The minimum absolute atomic E-state index is 0.292. The Labute approximate surface area is 112 Å². The van der Waals surface area contributed by atoms with E-state index in [1.165, 1.54) is 24.0 Å². The van der Waals surface area contributed by atoms with E-state index in [1.54, 1.807) is 0 Å². The van der Waals surface area contributed by atoms with Crippen molar-refractivity contribution in [3.8, 4) is 0 Å². The number of benzene rings is 1. The first-order valence-corrected chi connectivity index (χ1v) is 6.99. The summed E-state index contributed by atoms with van der Waals surface area (Å²) in [5.74, 6) is 0.657. The van der Waals surface area contributed by atoms with Crippen LogP contribution in [0.1, 0.15) is 43.9 Å². The van der Waals surface area contributed by atoms with Crippen molar-refractivity contribution in [2.45, 2.75) is 39.7 Å². The quantitative estimate of drug-likeness (QED) is 0.758. The smallest absolute Gasteiger partial charge is 0.0661 e. The van der Waals surface area contributed by atoms with E-state index in [9.17, 15) is 0 Å². The van der Waals surface area contributed by atoms with Crippen LogP contribution in [0.2, 0.25) is 0 Å². The summed E-state index contributed by atoms with van der Waals surface area (Å²) in [6.45, 7) is 8.23. The first-order valence-electron chi connectivity index (χ1n) is 6.99. The number of hydrogen-bond acceptors (Lipinski definition) is 2. The number of likely N-dealkylation sites (N-methyl/N-ethyl adjacent to an activating group) is 1. The molecule has 0 heterocycles. The van der Waals surface area contributed by atoms with E-state index in [0.717, 1.165) is 13.2 Å². The maximum atomic E-state index is 5.85. The van der Waals surface area contributed by atoms with Crippen molar-refractivity contribution in [2.24, 2.45) is 5.92 Å². The molecule has 1 rings (SSSR count). The van der Waals surface area contributed by atoms with Crippen LogP contribution >= 0.6 is 0 Å². The summed E-state index contributed by atoms with van der Waals surface area (Å²) in [4.78, 5) is 0. The van der Waals surface area contributed by atoms with Crippen molar-refractivity contribution in [1.82, 2.24) is 5.32 Å². The number of hydrogen-bond donors (Lipinski definition) is 1. The number of rotatable bonds is 8. The first-order chi connectivity index (χ1) is 8.69. The van der Waals surface area contributed by atoms with E-state index >= 15 is 0 Å². The zero-order valence-corrected chi connectivity index (χ0v) is 12.2. The molecule has 0 aliphatic rings. The Morgan fingerprint density at radius 1 is 1.22 bits per heavy atom. The van der Waals surface area contributed by atoms with Gasteiger partial charge in [0.2, 0.25) is 0 Å². The fraction of sp³-hybridized carbons (Fsp3) is 0.625. The van der Waals surface area contributed by atoms with Crippen molar-refractivity contribution in [2.75, 3.05) is 20.3 Å². The van der Waals surface area contributed by atoms with Crippen molar-refractivity contribution >= 4 is 0 Å². The Hall–Kier alpha value is -0.860. The molecule has 0 radical (unpaired) electrons. The first kappa shape index (κ1) is 15.2. The van der Waals surface area contributed by atoms with Gasteiger partial charge in [-0.2, -0.15) is 0 Å². The van der Waals surface area contributed by atoms with E-state index in [2.05, 4.69) is 50.4 Å². The average Bonchev–Trinajstić information content (AvgIpc) is 2.36. The lowest BCUT2D eigenvalue weighted by molar-refractivity contribution is 0.0847. The van der Waals surface area contributed by atoms with Gasteiger partial charge in [0, 0.05) is 6.61 Å². The lowest BCUT2D eigenvalue weighted by atomic mass is 10.0. The van der Waals surface area contributed by atoms with Crippen molar-refractivity contribution < 1.29 is 4.74 Å². The SMILES string of the molecule is CCCC(C)COCC(NC)c1ccccc1C. The van der Waals surface area contributed by atoms with Crippen LogP contribution < -0.4 is 5.32 Å². The highest BCUT2D eigenvalue weighted by atomic mass is 16.5. The molecular formula is C16H27NO. The van der Waals surface area contributed by atoms with Gasteiger partial charge in [-0.05, 0) is 37.4 Å². The molecule has 1 aromatic rings. The molecule has 0 aliphatic carbocycles. The molecule has 2 unspecified atom stereocenters. The molecule has 0 saturated heterocycles. The van der Waals surface area contributed by atoms with Crippen molar-refractivity contribution in [1.29, 1.82) is 0 Å². The van der Waals surface area contributed by atoms with Crippen LogP contribution in [0.25, 0.3) is 0 Å². The predicted molar refractivity (Wildman–Crippen MR) is 77.9 cm³/mol. The summed E-state index contributed by atoms with van der Waals surface area (Å²) < 4.78 is 5.85. The number of nitrogens with one attached hydrogen (secondary N) is 1. The van der Waals surface area contributed by atoms with E-state index in [-0.39, 0.29) is 0 Å². The second-order valence-electron chi connectivity index (χ2n) is 5.13. The van der Waals surface area contributed by atoms with Gasteiger partial charge in [-0.15, -0.1) is 0 Å². The van der Waals surface area contributed by atoms with Crippen molar-refractivity contribution in [3.05, 3.63) is 35.4 Å². The highest BCUT2D eigenvalue weighted by Crippen LogP contribution is 2.17. The molecule has 0 aromatic heterocycles. The minimum atomic E-state index is 0.292. The fourth-order valence-electron chi connectivity index (χ4n) is 2.27. The molecule has 2 atom stereocenters. The number of ether oxygens (including phenoxy) is 1. The Balaban J connectivity index is 2.46. The van der Waals surface area contributed by atoms with Gasteiger partial charge in [0.1, 0.15) is 0 Å². The molecule has 0 bridgehead atoms. The van der Waals surface area contributed by atoms with Gasteiger partial charge < -0.3 is 10.1 Å². The summed E-state index contributed by atoms with van der Waals surface area (Å²) in [5, 5.41) is 3.34. The van der Waals surface area contributed by atoms with Crippen LogP contribution in [0, 0.1) is 12.8 Å². The van der Waals surface area contributed by atoms with Gasteiger partial charge >= 0.3 is 0 Å². The Kier molecular flexibility index (Phi) is 6.99. The van der Waals surface area contributed by atoms with E-state index < -0.39 is 0 Å². The topological polar surface area (TPSA) is 21.3 Å². The van der Waals surface area contributed by atoms with Crippen LogP contribution in [0.4, 0.5) is 0 Å². The largest absolute Gasteiger partial charge is 0.379 e. The van der Waals surface area contributed by atoms with E-state index in [1.807, 2.05) is 7.05 Å². The molecule has 18 heavy (non-hydrogen) atoms. The van der Waals surface area contributed by atoms with Gasteiger partial charge in [0.25, 0.3) is 0 Å².